The Morgan fingerprint density at radius 1 is 0.800 bits per heavy atom. The highest BCUT2D eigenvalue weighted by atomic mass is 16.7. The first-order valence-electron chi connectivity index (χ1n) is 20.5. The molecule has 2 saturated heterocycles. The number of ether oxygens (including phenoxy) is 4. The van der Waals surface area contributed by atoms with Crippen LogP contribution < -0.4 is 0 Å². The minimum Gasteiger partial charge on any atom is -0.432 e. The zero-order chi connectivity index (χ0) is 40.3. The van der Waals surface area contributed by atoms with Crippen LogP contribution in [0.5, 0.6) is 0 Å². The summed E-state index contributed by atoms with van der Waals surface area (Å²) >= 11 is 0. The first kappa shape index (κ1) is 41.9. The fourth-order valence-electron chi connectivity index (χ4n) is 13.4. The summed E-state index contributed by atoms with van der Waals surface area (Å²) in [4.78, 5) is 14.6. The van der Waals surface area contributed by atoms with Gasteiger partial charge in [0.15, 0.2) is 6.29 Å². The zero-order valence-corrected chi connectivity index (χ0v) is 33.2. The quantitative estimate of drug-likeness (QED) is 0.104. The summed E-state index contributed by atoms with van der Waals surface area (Å²) < 4.78 is 23.5. The van der Waals surface area contributed by atoms with Crippen molar-refractivity contribution in [1.29, 1.82) is 0 Å². The van der Waals surface area contributed by atoms with E-state index in [0.29, 0.717) is 32.1 Å². The Morgan fingerprint density at radius 2 is 1.49 bits per heavy atom. The number of rotatable bonds is 6. The van der Waals surface area contributed by atoms with Crippen LogP contribution in [0.25, 0.3) is 0 Å². The Morgan fingerprint density at radius 3 is 2.16 bits per heavy atom. The molecule has 14 nitrogen and oxygen atoms in total. The lowest BCUT2D eigenvalue weighted by Crippen LogP contribution is -2.69. The molecule has 2 aliphatic heterocycles. The van der Waals surface area contributed by atoms with Crippen molar-refractivity contribution in [3.05, 3.63) is 11.6 Å². The van der Waals surface area contributed by atoms with Crippen LogP contribution >= 0.6 is 0 Å². The first-order chi connectivity index (χ1) is 25.6. The molecule has 0 aromatic heterocycles. The van der Waals surface area contributed by atoms with Gasteiger partial charge in [0.05, 0.1) is 32.0 Å². The number of allylic oxidation sites excluding steroid dienone is 2. The van der Waals surface area contributed by atoms with Crippen molar-refractivity contribution in [2.24, 2.45) is 50.2 Å². The van der Waals surface area contributed by atoms with Crippen molar-refractivity contribution in [2.75, 3.05) is 19.8 Å². The van der Waals surface area contributed by atoms with Gasteiger partial charge in [-0.1, -0.05) is 53.2 Å². The highest BCUT2D eigenvalue weighted by Gasteiger charge is 2.72. The van der Waals surface area contributed by atoms with Gasteiger partial charge >= 0.3 is 5.97 Å². The topological polar surface area (TPSA) is 236 Å². The Hall–Kier alpha value is -1.27. The van der Waals surface area contributed by atoms with Gasteiger partial charge in [-0.05, 0) is 97.2 Å². The number of esters is 1. The average molecular weight is 783 g/mol. The molecule has 7 rings (SSSR count). The normalized spacial score (nSPS) is 54.9. The lowest BCUT2D eigenvalue weighted by molar-refractivity contribution is -0.313. The minimum atomic E-state index is -1.75. The molecular weight excluding hydrogens is 716 g/mol. The van der Waals surface area contributed by atoms with Crippen LogP contribution in [0.4, 0.5) is 0 Å². The molecule has 7 aliphatic rings. The Balaban J connectivity index is 1.20. The highest BCUT2D eigenvalue weighted by Crippen LogP contribution is 2.76. The van der Waals surface area contributed by atoms with Gasteiger partial charge in [0.25, 0.3) is 0 Å². The molecule has 55 heavy (non-hydrogen) atoms. The molecule has 0 radical (unpaired) electrons. The van der Waals surface area contributed by atoms with Gasteiger partial charge < -0.3 is 64.9 Å². The predicted octanol–water partition coefficient (Wildman–Crippen LogP) is 0.899. The third kappa shape index (κ3) is 6.05. The maximum absolute atomic E-state index is 14.6. The summed E-state index contributed by atoms with van der Waals surface area (Å²) in [6.45, 7) is 12.3. The van der Waals surface area contributed by atoms with Crippen molar-refractivity contribution in [1.82, 2.24) is 0 Å². The molecule has 5 aliphatic carbocycles. The van der Waals surface area contributed by atoms with Crippen molar-refractivity contribution in [2.45, 2.75) is 167 Å². The zero-order valence-electron chi connectivity index (χ0n) is 33.2. The number of carbonyl (C=O) groups is 1. The molecule has 0 aromatic rings. The number of aliphatic hydroxyl groups excluding tert-OH is 9. The van der Waals surface area contributed by atoms with Crippen molar-refractivity contribution < 1.29 is 69.7 Å². The second-order valence-corrected chi connectivity index (χ2v) is 20.2. The van der Waals surface area contributed by atoms with Crippen LogP contribution in [-0.4, -0.2) is 139 Å². The Labute approximate surface area is 323 Å². The van der Waals surface area contributed by atoms with E-state index in [1.54, 1.807) is 0 Å². The molecule has 0 spiro atoms. The van der Waals surface area contributed by atoms with E-state index < -0.39 is 96.3 Å². The van der Waals surface area contributed by atoms with Gasteiger partial charge in [0.2, 0.25) is 6.29 Å². The molecular formula is C41H66O14. The number of aliphatic hydroxyl groups is 9. The molecule has 0 amide bonds. The van der Waals surface area contributed by atoms with E-state index in [1.807, 2.05) is 6.92 Å². The molecule has 6 fully saturated rings. The van der Waals surface area contributed by atoms with Gasteiger partial charge in [-0.25, -0.2) is 0 Å². The summed E-state index contributed by atoms with van der Waals surface area (Å²) in [5.41, 5.74) is -2.10. The molecule has 2 heterocycles. The fraction of sp³-hybridized carbons (Fsp3) is 0.927. The van der Waals surface area contributed by atoms with E-state index in [-0.39, 0.29) is 47.2 Å². The number of hydrogen-bond acceptors (Lipinski definition) is 14. The van der Waals surface area contributed by atoms with E-state index in [9.17, 15) is 50.8 Å². The van der Waals surface area contributed by atoms with Crippen LogP contribution in [0.15, 0.2) is 11.6 Å². The van der Waals surface area contributed by atoms with Crippen LogP contribution in [0.3, 0.4) is 0 Å². The molecule has 314 valence electrons. The summed E-state index contributed by atoms with van der Waals surface area (Å²) in [6.07, 6.45) is -6.79. The summed E-state index contributed by atoms with van der Waals surface area (Å²) in [5.74, 6) is -0.910. The second kappa shape index (κ2) is 14.2. The average Bonchev–Trinajstić information content (AvgIpc) is 3.13. The first-order valence-corrected chi connectivity index (χ1v) is 20.5. The minimum absolute atomic E-state index is 0.0337. The van der Waals surface area contributed by atoms with E-state index >= 15 is 0 Å². The van der Waals surface area contributed by atoms with Gasteiger partial charge in [-0.15, -0.1) is 0 Å². The van der Waals surface area contributed by atoms with Gasteiger partial charge in [-0.3, -0.25) is 4.79 Å². The largest absolute Gasteiger partial charge is 0.432 e. The molecule has 14 heteroatoms. The van der Waals surface area contributed by atoms with E-state index in [2.05, 4.69) is 40.7 Å². The third-order valence-corrected chi connectivity index (χ3v) is 17.0. The smallest absolute Gasteiger partial charge is 0.317 e. The third-order valence-electron chi connectivity index (χ3n) is 17.0. The molecule has 0 aromatic carbocycles. The fourth-order valence-corrected chi connectivity index (χ4v) is 13.4. The maximum atomic E-state index is 14.6. The van der Waals surface area contributed by atoms with Crippen LogP contribution in [0.1, 0.15) is 99.3 Å². The van der Waals surface area contributed by atoms with Crippen LogP contribution in [-0.2, 0) is 23.7 Å². The molecule has 0 unspecified atom stereocenters. The van der Waals surface area contributed by atoms with E-state index in [1.165, 1.54) is 0 Å². The number of hydrogen-bond donors (Lipinski definition) is 9. The van der Waals surface area contributed by atoms with Crippen molar-refractivity contribution in [3.63, 3.8) is 0 Å². The molecule has 19 atom stereocenters. The van der Waals surface area contributed by atoms with E-state index in [0.717, 1.165) is 31.3 Å². The Bertz CT molecular complexity index is 1490. The van der Waals surface area contributed by atoms with Gasteiger partial charge in [0.1, 0.15) is 48.1 Å². The summed E-state index contributed by atoms with van der Waals surface area (Å²) in [6, 6.07) is 0. The lowest BCUT2D eigenvalue weighted by Gasteiger charge is -2.72. The second-order valence-electron chi connectivity index (χ2n) is 20.2. The van der Waals surface area contributed by atoms with Crippen LogP contribution in [0.2, 0.25) is 0 Å². The summed E-state index contributed by atoms with van der Waals surface area (Å²) in [7, 11) is 0. The maximum Gasteiger partial charge on any atom is 0.317 e. The SMILES string of the molecule is CC1(C)CC[C@]2(C(=O)O[C@@H]3O[C@H](CO)[C@@H](O)[C@H](O)[C@H]3O)[C@H](O)C[C@]3(C)C(=CC[C@H]4[C@@]5(C)CC[C@H](O[C@@H]6OC[C@H](O)[C@H](O)[C@H]6O)[C@@](C)(CO)[C@H]5CC[C@]43C)[C@@H]2C1. The van der Waals surface area contributed by atoms with E-state index in [4.69, 9.17) is 18.9 Å². The monoisotopic (exact) mass is 782 g/mol. The van der Waals surface area contributed by atoms with Crippen LogP contribution in [0, 0.1) is 50.2 Å². The van der Waals surface area contributed by atoms with Crippen molar-refractivity contribution >= 4 is 5.97 Å². The molecule has 4 saturated carbocycles. The highest BCUT2D eigenvalue weighted by molar-refractivity contribution is 5.80. The van der Waals surface area contributed by atoms with Gasteiger partial charge in [-0.2, -0.15) is 0 Å². The van der Waals surface area contributed by atoms with Gasteiger partial charge in [0, 0.05) is 5.41 Å². The lowest BCUT2D eigenvalue weighted by atomic mass is 9.33. The number of carbonyl (C=O) groups excluding carboxylic acids is 1. The predicted molar refractivity (Wildman–Crippen MR) is 194 cm³/mol. The van der Waals surface area contributed by atoms with Crippen molar-refractivity contribution in [3.8, 4) is 0 Å². The summed E-state index contributed by atoms with van der Waals surface area (Å²) in [5, 5.41) is 95.9. The molecule has 9 N–H and O–H groups in total. The standard InChI is InChI=1S/C41H66O14/c1-36(2)13-14-41(35(51)55-34-32(50)30(48)29(47)23(17-42)53-34)21(15-36)20-7-8-25-37(3)11-10-27(54-33-31(49)28(46)22(44)18-52-33)38(4,19-43)24(37)9-12-39(25,5)40(20,6)16-26(41)45/h7,21-34,42-50H,8-19H2,1-6H3/t21-,22-,23+,24-,25-,26+,27-,28-,29+,30-,31+,32+,33-,34-,37-,38-,39+,40+,41+/m0/s1. The Kier molecular flexibility index (Phi) is 10.8. The number of fused-ring (bicyclic) bond motifs is 7. The molecule has 0 bridgehead atoms.